The van der Waals surface area contributed by atoms with Gasteiger partial charge in [0.15, 0.2) is 5.76 Å². The normalized spacial score (nSPS) is 12.1. The fourth-order valence-corrected chi connectivity index (χ4v) is 4.14. The summed E-state index contributed by atoms with van der Waals surface area (Å²) in [5.74, 6) is -0.921. The van der Waals surface area contributed by atoms with Crippen molar-refractivity contribution in [2.45, 2.75) is 11.8 Å². The maximum Gasteiger partial charge on any atom is 0.260 e. The van der Waals surface area contributed by atoms with Crippen LogP contribution in [0.5, 0.6) is 0 Å². The number of hydrogen-bond acceptors (Lipinski definition) is 6. The smallest absolute Gasteiger partial charge is 0.260 e. The molecule has 0 saturated carbocycles. The van der Waals surface area contributed by atoms with E-state index in [1.165, 1.54) is 18.2 Å². The number of nitrogens with one attached hydrogen (secondary N) is 1. The van der Waals surface area contributed by atoms with Crippen molar-refractivity contribution in [3.63, 3.8) is 0 Å². The molecule has 30 heavy (non-hydrogen) atoms. The van der Waals surface area contributed by atoms with Crippen LogP contribution >= 0.6 is 0 Å². The largest absolute Gasteiger partial charge is 0.452 e. The Balaban J connectivity index is 1.79. The Kier molecular flexibility index (Phi) is 5.20. The van der Waals surface area contributed by atoms with Crippen LogP contribution in [0.3, 0.4) is 0 Å². The van der Waals surface area contributed by atoms with Crippen LogP contribution in [0, 0.1) is 6.92 Å². The minimum absolute atomic E-state index is 0.0288. The third kappa shape index (κ3) is 3.88. The van der Waals surface area contributed by atoms with Crippen molar-refractivity contribution >= 4 is 37.3 Å². The molecular formula is C23H18N2O4S. The number of benzene rings is 3. The Labute approximate surface area is 173 Å². The van der Waals surface area contributed by atoms with Gasteiger partial charge in [-0.2, -0.15) is 5.10 Å². The third-order valence-corrected chi connectivity index (χ3v) is 6.17. The molecule has 4 rings (SSSR count). The predicted octanol–water partition coefficient (Wildman–Crippen LogP) is 4.82. The van der Waals surface area contributed by atoms with Gasteiger partial charge in [-0.15, -0.1) is 0 Å². The van der Waals surface area contributed by atoms with Crippen LogP contribution in [0.1, 0.15) is 16.1 Å². The number of hydrogen-bond donors (Lipinski definition) is 1. The van der Waals surface area contributed by atoms with Gasteiger partial charge in [-0.3, -0.25) is 10.2 Å². The highest BCUT2D eigenvalue weighted by atomic mass is 32.2. The first-order chi connectivity index (χ1) is 14.4. The van der Waals surface area contributed by atoms with Crippen molar-refractivity contribution in [3.05, 3.63) is 96.3 Å². The third-order valence-electron chi connectivity index (χ3n) is 4.49. The van der Waals surface area contributed by atoms with Gasteiger partial charge in [0, 0.05) is 5.39 Å². The predicted molar refractivity (Wildman–Crippen MR) is 116 cm³/mol. The van der Waals surface area contributed by atoms with E-state index in [9.17, 15) is 13.2 Å². The van der Waals surface area contributed by atoms with Crippen molar-refractivity contribution in [1.29, 1.82) is 0 Å². The topological polar surface area (TPSA) is 88.7 Å². The number of aryl methyl sites for hydroxylation is 1. The molecule has 0 amide bonds. The first-order valence-electron chi connectivity index (χ1n) is 9.19. The summed E-state index contributed by atoms with van der Waals surface area (Å²) in [7, 11) is -4.19. The van der Waals surface area contributed by atoms with Crippen LogP contribution in [-0.2, 0) is 9.84 Å². The number of rotatable bonds is 5. The van der Waals surface area contributed by atoms with Gasteiger partial charge < -0.3 is 4.42 Å². The molecule has 1 N–H and O–H groups in total. The summed E-state index contributed by atoms with van der Waals surface area (Å²) in [4.78, 5) is 13.1. The van der Waals surface area contributed by atoms with E-state index in [1.807, 2.05) is 19.1 Å². The van der Waals surface area contributed by atoms with E-state index in [2.05, 4.69) is 10.5 Å². The van der Waals surface area contributed by atoms with Gasteiger partial charge in [0.1, 0.15) is 5.58 Å². The maximum absolute atomic E-state index is 13.2. The van der Waals surface area contributed by atoms with Gasteiger partial charge in [0.2, 0.25) is 14.9 Å². The lowest BCUT2D eigenvalue weighted by Crippen LogP contribution is -2.26. The Morgan fingerprint density at radius 1 is 0.900 bits per heavy atom. The zero-order valence-electron chi connectivity index (χ0n) is 16.1. The SMILES string of the molecule is Cc1ccc(N/N=C(\C(=O)c2cc3ccccc3o2)S(=O)(=O)c2ccccc2)cc1. The van der Waals surface area contributed by atoms with E-state index < -0.39 is 20.7 Å². The summed E-state index contributed by atoms with van der Waals surface area (Å²) in [5, 5.41) is 4.04. The molecule has 1 heterocycles. The second kappa shape index (κ2) is 7.96. The number of para-hydroxylation sites is 1. The van der Waals surface area contributed by atoms with Crippen molar-refractivity contribution < 1.29 is 17.6 Å². The molecule has 0 saturated heterocycles. The molecule has 0 fully saturated rings. The minimum Gasteiger partial charge on any atom is -0.452 e. The van der Waals surface area contributed by atoms with Crippen LogP contribution in [0.15, 0.2) is 99.3 Å². The molecule has 0 bridgehead atoms. The number of carbonyl (C=O) groups is 1. The second-order valence-corrected chi connectivity index (χ2v) is 8.55. The second-order valence-electron chi connectivity index (χ2n) is 6.69. The number of Topliss-reactive ketones (excluding diaryl/α,β-unsaturated/α-hetero) is 1. The van der Waals surface area contributed by atoms with Crippen LogP contribution in [0.4, 0.5) is 5.69 Å². The van der Waals surface area contributed by atoms with Crippen molar-refractivity contribution in [2.75, 3.05) is 5.43 Å². The van der Waals surface area contributed by atoms with Gasteiger partial charge in [-0.1, -0.05) is 54.1 Å². The van der Waals surface area contributed by atoms with Crippen molar-refractivity contribution in [1.82, 2.24) is 0 Å². The van der Waals surface area contributed by atoms with Gasteiger partial charge >= 0.3 is 0 Å². The first-order valence-corrected chi connectivity index (χ1v) is 10.7. The number of carbonyl (C=O) groups excluding carboxylic acids is 1. The molecule has 0 aliphatic rings. The lowest BCUT2D eigenvalue weighted by atomic mass is 10.2. The number of ketones is 1. The van der Waals surface area contributed by atoms with Crippen molar-refractivity contribution in [2.24, 2.45) is 5.10 Å². The highest BCUT2D eigenvalue weighted by molar-refractivity contribution is 8.08. The number of hydrazone groups is 1. The lowest BCUT2D eigenvalue weighted by Gasteiger charge is -2.08. The summed E-state index contributed by atoms with van der Waals surface area (Å²) in [6.45, 7) is 1.93. The number of furan rings is 1. The highest BCUT2D eigenvalue weighted by Gasteiger charge is 2.32. The van der Waals surface area contributed by atoms with Crippen LogP contribution in [0.2, 0.25) is 0 Å². The highest BCUT2D eigenvalue weighted by Crippen LogP contribution is 2.22. The first kappa shape index (κ1) is 19.6. The summed E-state index contributed by atoms with van der Waals surface area (Å²) < 4.78 is 32.0. The van der Waals surface area contributed by atoms with Gasteiger partial charge in [-0.25, -0.2) is 8.42 Å². The van der Waals surface area contributed by atoms with E-state index in [4.69, 9.17) is 4.42 Å². The zero-order valence-corrected chi connectivity index (χ0v) is 16.9. The number of nitrogens with zero attached hydrogens (tertiary/aromatic N) is 1. The molecule has 4 aromatic rings. The van der Waals surface area contributed by atoms with Gasteiger partial charge in [0.05, 0.1) is 10.6 Å². The zero-order chi connectivity index (χ0) is 21.1. The summed E-state index contributed by atoms with van der Waals surface area (Å²) in [5.41, 5.74) is 4.76. The lowest BCUT2D eigenvalue weighted by molar-refractivity contribution is 0.104. The fourth-order valence-electron chi connectivity index (χ4n) is 2.89. The molecule has 7 heteroatoms. The van der Waals surface area contributed by atoms with Crippen LogP contribution < -0.4 is 5.43 Å². The van der Waals surface area contributed by atoms with Gasteiger partial charge in [-0.05, 0) is 43.3 Å². The molecule has 0 spiro atoms. The van der Waals surface area contributed by atoms with Crippen LogP contribution in [-0.4, -0.2) is 19.2 Å². The molecular weight excluding hydrogens is 400 g/mol. The van der Waals surface area contributed by atoms with E-state index in [0.717, 1.165) is 5.56 Å². The quantitative estimate of drug-likeness (QED) is 0.217. The Bertz CT molecular complexity index is 1310. The van der Waals surface area contributed by atoms with E-state index in [0.29, 0.717) is 16.7 Å². The van der Waals surface area contributed by atoms with E-state index in [-0.39, 0.29) is 10.7 Å². The fraction of sp³-hybridized carbons (Fsp3) is 0.0435. The molecule has 3 aromatic carbocycles. The average Bonchev–Trinajstić information content (AvgIpc) is 3.20. The number of fused-ring (bicyclic) bond motifs is 1. The maximum atomic E-state index is 13.2. The monoisotopic (exact) mass is 418 g/mol. The van der Waals surface area contributed by atoms with Crippen LogP contribution in [0.25, 0.3) is 11.0 Å². The van der Waals surface area contributed by atoms with Gasteiger partial charge in [0.25, 0.3) is 5.78 Å². The standard InChI is InChI=1S/C23H18N2O4S/c1-16-11-13-18(14-12-16)24-25-23(30(27,28)19-8-3-2-4-9-19)22(26)21-15-17-7-5-6-10-20(17)29-21/h2-15,24H,1H3/b25-23+. The van der Waals surface area contributed by atoms with Crippen molar-refractivity contribution in [3.8, 4) is 0 Å². The summed E-state index contributed by atoms with van der Waals surface area (Å²) >= 11 is 0. The molecule has 150 valence electrons. The number of sulfone groups is 1. The average molecular weight is 418 g/mol. The molecule has 6 nitrogen and oxygen atoms in total. The Hall–Kier alpha value is -3.71. The summed E-state index contributed by atoms with van der Waals surface area (Å²) in [6.07, 6.45) is 0. The molecule has 0 atom stereocenters. The molecule has 1 aromatic heterocycles. The minimum atomic E-state index is -4.19. The molecule has 0 radical (unpaired) electrons. The molecule has 0 unspecified atom stereocenters. The Morgan fingerprint density at radius 2 is 1.57 bits per heavy atom. The van der Waals surface area contributed by atoms with E-state index >= 15 is 0 Å². The Morgan fingerprint density at radius 3 is 2.27 bits per heavy atom. The molecule has 0 aliphatic carbocycles. The molecule has 0 aliphatic heterocycles. The summed E-state index contributed by atoms with van der Waals surface area (Å²) in [6, 6.07) is 23.5. The number of anilines is 1. The van der Waals surface area contributed by atoms with E-state index in [1.54, 1.807) is 54.6 Å².